The molecule has 5 atom stereocenters. The molecule has 3 unspecified atom stereocenters. The molecule has 0 radical (unpaired) electrons. The third kappa shape index (κ3) is 9.50. The van der Waals surface area contributed by atoms with Crippen molar-refractivity contribution in [1.82, 2.24) is 4.67 Å². The number of nitriles is 1. The van der Waals surface area contributed by atoms with Crippen LogP contribution in [-0.2, 0) is 18.5 Å². The van der Waals surface area contributed by atoms with E-state index in [0.717, 1.165) is 6.42 Å². The van der Waals surface area contributed by atoms with Gasteiger partial charge in [-0.1, -0.05) is 49.3 Å². The highest BCUT2D eigenvalue weighted by Crippen LogP contribution is 2.50. The van der Waals surface area contributed by atoms with Gasteiger partial charge in [0.15, 0.2) is 0 Å². The molecule has 176 valence electrons. The molecule has 1 saturated heterocycles. The lowest BCUT2D eigenvalue weighted by Crippen LogP contribution is -2.40. The van der Waals surface area contributed by atoms with Crippen LogP contribution in [0.25, 0.3) is 0 Å². The summed E-state index contributed by atoms with van der Waals surface area (Å²) >= 11 is 0. The summed E-state index contributed by atoms with van der Waals surface area (Å²) in [6.45, 7) is 19.7. The second kappa shape index (κ2) is 13.9. The first kappa shape index (κ1) is 28.5. The van der Waals surface area contributed by atoms with Gasteiger partial charge in [0.2, 0.25) is 0 Å². The molecular weight excluding hydrogens is 439 g/mol. The zero-order chi connectivity index (χ0) is 22.9. The van der Waals surface area contributed by atoms with Crippen molar-refractivity contribution in [3.05, 3.63) is 0 Å². The van der Waals surface area contributed by atoms with Crippen LogP contribution < -0.4 is 0 Å². The van der Waals surface area contributed by atoms with Crippen molar-refractivity contribution in [2.75, 3.05) is 12.5 Å². The monoisotopic (exact) mass is 480 g/mol. The van der Waals surface area contributed by atoms with Crippen LogP contribution in [-0.4, -0.2) is 58.5 Å². The molecule has 0 aromatic heterocycles. The van der Waals surface area contributed by atoms with E-state index in [1.54, 1.807) is 10.8 Å². The lowest BCUT2D eigenvalue weighted by Gasteiger charge is -2.38. The largest absolute Gasteiger partial charge is 0.370 e. The SMILES string of the molecule is CC[C@H]1O[C@@H](C)C(OCSSC(C)(C)C)C1OP(OCCC#N)N(C(C)C)C(C)C. The van der Waals surface area contributed by atoms with Gasteiger partial charge in [0, 0.05) is 16.8 Å². The Morgan fingerprint density at radius 3 is 2.30 bits per heavy atom. The molecule has 1 rings (SSSR count). The van der Waals surface area contributed by atoms with Crippen LogP contribution in [0.15, 0.2) is 0 Å². The molecule has 0 amide bonds. The van der Waals surface area contributed by atoms with Crippen LogP contribution in [0.5, 0.6) is 0 Å². The zero-order valence-corrected chi connectivity index (χ0v) is 22.6. The Hall–Kier alpha value is 0.420. The molecule has 0 aliphatic carbocycles. The molecule has 0 N–H and O–H groups in total. The zero-order valence-electron chi connectivity index (χ0n) is 20.1. The summed E-state index contributed by atoms with van der Waals surface area (Å²) in [5, 5.41) is 8.93. The van der Waals surface area contributed by atoms with Gasteiger partial charge in [0.1, 0.15) is 18.1 Å². The Morgan fingerprint density at radius 1 is 1.17 bits per heavy atom. The predicted molar refractivity (Wildman–Crippen MR) is 129 cm³/mol. The molecule has 1 fully saturated rings. The van der Waals surface area contributed by atoms with Crippen LogP contribution >= 0.6 is 30.1 Å². The molecule has 0 aromatic carbocycles. The molecule has 30 heavy (non-hydrogen) atoms. The number of hydrogen-bond donors (Lipinski definition) is 0. The minimum Gasteiger partial charge on any atom is -0.370 e. The van der Waals surface area contributed by atoms with Gasteiger partial charge in [-0.2, -0.15) is 5.26 Å². The molecule has 9 heteroatoms. The first-order chi connectivity index (χ1) is 14.0. The third-order valence-electron chi connectivity index (χ3n) is 4.44. The normalized spacial score (nSPS) is 26.0. The van der Waals surface area contributed by atoms with E-state index in [0.29, 0.717) is 19.0 Å². The van der Waals surface area contributed by atoms with Crippen molar-refractivity contribution in [3.8, 4) is 6.07 Å². The van der Waals surface area contributed by atoms with Crippen molar-refractivity contribution >= 4 is 30.1 Å². The molecule has 0 saturated carbocycles. The molecular formula is C21H41N2O4PS2. The topological polar surface area (TPSA) is 64.0 Å². The maximum atomic E-state index is 8.93. The van der Waals surface area contributed by atoms with Gasteiger partial charge in [-0.05, 0) is 41.0 Å². The smallest absolute Gasteiger partial charge is 0.259 e. The summed E-state index contributed by atoms with van der Waals surface area (Å²) in [5.41, 5.74) is 0. The van der Waals surface area contributed by atoms with E-state index >= 15 is 0 Å². The van der Waals surface area contributed by atoms with Gasteiger partial charge in [-0.25, -0.2) is 4.67 Å². The van der Waals surface area contributed by atoms with Crippen LogP contribution in [0.3, 0.4) is 0 Å². The van der Waals surface area contributed by atoms with Crippen LogP contribution in [0, 0.1) is 11.3 Å². The Labute approximate surface area is 193 Å². The Balaban J connectivity index is 2.92. The molecule has 6 nitrogen and oxygen atoms in total. The van der Waals surface area contributed by atoms with Gasteiger partial charge in [0.25, 0.3) is 8.53 Å². The van der Waals surface area contributed by atoms with Crippen LogP contribution in [0.2, 0.25) is 0 Å². The van der Waals surface area contributed by atoms with Gasteiger partial charge < -0.3 is 18.5 Å². The number of rotatable bonds is 13. The van der Waals surface area contributed by atoms with E-state index in [4.69, 9.17) is 23.8 Å². The maximum absolute atomic E-state index is 8.93. The highest BCUT2D eigenvalue weighted by Gasteiger charge is 2.46. The van der Waals surface area contributed by atoms with E-state index in [2.05, 4.69) is 73.1 Å². The number of nitrogens with zero attached hydrogens (tertiary/aromatic N) is 2. The Kier molecular flexibility index (Phi) is 13.1. The number of ether oxygens (including phenoxy) is 2. The van der Waals surface area contributed by atoms with E-state index in [1.165, 1.54) is 0 Å². The van der Waals surface area contributed by atoms with Crippen molar-refractivity contribution in [2.24, 2.45) is 0 Å². The van der Waals surface area contributed by atoms with Crippen LogP contribution in [0.4, 0.5) is 0 Å². The van der Waals surface area contributed by atoms with Crippen LogP contribution in [0.1, 0.15) is 75.2 Å². The second-order valence-electron chi connectivity index (χ2n) is 8.97. The predicted octanol–water partition coefficient (Wildman–Crippen LogP) is 6.37. The van der Waals surface area contributed by atoms with Crippen molar-refractivity contribution in [1.29, 1.82) is 5.26 Å². The average Bonchev–Trinajstić information content (AvgIpc) is 2.92. The standard InChI is InChI=1S/C21H41N2O4PS2/c1-10-18-20(19(17(6)26-18)24-14-29-30-21(7,8)9)27-28(25-13-11-12-22)23(15(2)3)16(4)5/h15-20H,10-11,13-14H2,1-9H3/t17-,18+,19?,20?,28?/m0/s1. The fourth-order valence-electron chi connectivity index (χ4n) is 3.30. The first-order valence-corrected chi connectivity index (χ1v) is 14.3. The highest BCUT2D eigenvalue weighted by atomic mass is 33.1. The van der Waals surface area contributed by atoms with E-state index in [-0.39, 0.29) is 41.2 Å². The first-order valence-electron chi connectivity index (χ1n) is 10.8. The summed E-state index contributed by atoms with van der Waals surface area (Å²) in [4.78, 5) is 0. The minimum atomic E-state index is -1.33. The Morgan fingerprint density at radius 2 is 1.80 bits per heavy atom. The fraction of sp³-hybridized carbons (Fsp3) is 0.952. The van der Waals surface area contributed by atoms with E-state index in [1.807, 2.05) is 10.8 Å². The van der Waals surface area contributed by atoms with Gasteiger partial charge in [-0.15, -0.1) is 0 Å². The minimum absolute atomic E-state index is 0.0315. The number of hydrogen-bond acceptors (Lipinski definition) is 8. The summed E-state index contributed by atoms with van der Waals surface area (Å²) in [7, 11) is 2.21. The van der Waals surface area contributed by atoms with Gasteiger partial charge in [0.05, 0.1) is 31.3 Å². The van der Waals surface area contributed by atoms with Crippen molar-refractivity contribution < 1.29 is 18.5 Å². The van der Waals surface area contributed by atoms with E-state index < -0.39 is 8.53 Å². The van der Waals surface area contributed by atoms with Crippen molar-refractivity contribution in [3.63, 3.8) is 0 Å². The lowest BCUT2D eigenvalue weighted by atomic mass is 10.1. The molecule has 1 heterocycles. The van der Waals surface area contributed by atoms with Gasteiger partial charge >= 0.3 is 0 Å². The highest BCUT2D eigenvalue weighted by molar-refractivity contribution is 8.77. The molecule has 0 bridgehead atoms. The quantitative estimate of drug-likeness (QED) is 0.130. The van der Waals surface area contributed by atoms with Crippen molar-refractivity contribution in [2.45, 2.75) is 116 Å². The molecule has 0 aromatic rings. The molecule has 0 spiro atoms. The molecule has 1 aliphatic heterocycles. The lowest BCUT2D eigenvalue weighted by molar-refractivity contribution is -0.00781. The molecule has 1 aliphatic rings. The summed E-state index contributed by atoms with van der Waals surface area (Å²) < 4.78 is 27.6. The third-order valence-corrected chi connectivity index (χ3v) is 9.56. The average molecular weight is 481 g/mol. The summed E-state index contributed by atoms with van der Waals surface area (Å²) in [5.74, 6) is 0.585. The second-order valence-corrected chi connectivity index (χ2v) is 13.4. The Bertz CT molecular complexity index is 520. The summed E-state index contributed by atoms with van der Waals surface area (Å²) in [6, 6.07) is 2.67. The van der Waals surface area contributed by atoms with Gasteiger partial charge in [-0.3, -0.25) is 0 Å². The summed E-state index contributed by atoms with van der Waals surface area (Å²) in [6.07, 6.45) is 0.788. The maximum Gasteiger partial charge on any atom is 0.259 e. The van der Waals surface area contributed by atoms with E-state index in [9.17, 15) is 0 Å². The fourth-order valence-corrected chi connectivity index (χ4v) is 7.06.